The van der Waals surface area contributed by atoms with Gasteiger partial charge in [0.1, 0.15) is 11.4 Å². The largest absolute Gasteiger partial charge is 0.497 e. The third-order valence-electron chi connectivity index (χ3n) is 5.68. The van der Waals surface area contributed by atoms with Crippen molar-refractivity contribution in [1.82, 2.24) is 20.0 Å². The number of hydrogen-bond acceptors (Lipinski definition) is 5. The lowest BCUT2D eigenvalue weighted by molar-refractivity contribution is 0.0699. The fourth-order valence-corrected chi connectivity index (χ4v) is 3.95. The summed E-state index contributed by atoms with van der Waals surface area (Å²) in [6, 6.07) is 17.4. The lowest BCUT2D eigenvalue weighted by Gasteiger charge is -2.30. The first-order chi connectivity index (χ1) is 14.7. The first-order valence-corrected chi connectivity index (χ1v) is 10.1. The maximum atomic E-state index is 12.9. The van der Waals surface area contributed by atoms with Crippen molar-refractivity contribution in [2.75, 3.05) is 20.2 Å². The van der Waals surface area contributed by atoms with Gasteiger partial charge in [-0.1, -0.05) is 23.4 Å². The van der Waals surface area contributed by atoms with Crippen molar-refractivity contribution in [2.24, 2.45) is 0 Å². The van der Waals surface area contributed by atoms with Crippen molar-refractivity contribution < 1.29 is 14.1 Å². The van der Waals surface area contributed by atoms with Crippen LogP contribution in [0.5, 0.6) is 5.75 Å². The molecule has 0 bridgehead atoms. The quantitative estimate of drug-likeness (QED) is 0.552. The van der Waals surface area contributed by atoms with E-state index in [1.54, 1.807) is 7.11 Å². The van der Waals surface area contributed by atoms with Gasteiger partial charge in [0.2, 0.25) is 11.7 Å². The summed E-state index contributed by atoms with van der Waals surface area (Å²) < 4.78 is 10.7. The molecule has 7 nitrogen and oxygen atoms in total. The number of nitrogens with one attached hydrogen (secondary N) is 1. The highest BCUT2D eigenvalue weighted by Gasteiger charge is 2.28. The number of nitrogens with zero attached hydrogens (tertiary/aromatic N) is 3. The number of para-hydroxylation sites is 1. The summed E-state index contributed by atoms with van der Waals surface area (Å²) in [5.41, 5.74) is 2.50. The van der Waals surface area contributed by atoms with E-state index in [1.807, 2.05) is 59.5 Å². The third-order valence-corrected chi connectivity index (χ3v) is 5.68. The average molecular weight is 402 g/mol. The van der Waals surface area contributed by atoms with Crippen LogP contribution < -0.4 is 4.74 Å². The molecule has 1 aliphatic rings. The monoisotopic (exact) mass is 402 g/mol. The number of benzene rings is 2. The van der Waals surface area contributed by atoms with E-state index in [-0.39, 0.29) is 11.8 Å². The molecular weight excluding hydrogens is 380 g/mol. The number of likely N-dealkylation sites (tertiary alicyclic amines) is 1. The number of aromatic nitrogens is 3. The maximum absolute atomic E-state index is 12.9. The number of hydrogen-bond donors (Lipinski definition) is 1. The van der Waals surface area contributed by atoms with Gasteiger partial charge in [-0.05, 0) is 49.2 Å². The second-order valence-corrected chi connectivity index (χ2v) is 7.52. The van der Waals surface area contributed by atoms with Gasteiger partial charge in [0.05, 0.1) is 7.11 Å². The summed E-state index contributed by atoms with van der Waals surface area (Å²) >= 11 is 0. The molecule has 152 valence electrons. The molecule has 0 saturated carbocycles. The van der Waals surface area contributed by atoms with Crippen LogP contribution in [0.3, 0.4) is 0 Å². The molecule has 4 aromatic rings. The molecular formula is C23H22N4O3. The lowest BCUT2D eigenvalue weighted by atomic mass is 9.96. The van der Waals surface area contributed by atoms with Crippen molar-refractivity contribution >= 4 is 16.8 Å². The zero-order valence-corrected chi connectivity index (χ0v) is 16.7. The highest BCUT2D eigenvalue weighted by molar-refractivity contribution is 5.98. The maximum Gasteiger partial charge on any atom is 0.270 e. The molecule has 2 aromatic carbocycles. The second kappa shape index (κ2) is 7.67. The van der Waals surface area contributed by atoms with Gasteiger partial charge in [-0.2, -0.15) is 4.98 Å². The molecule has 0 aliphatic carbocycles. The van der Waals surface area contributed by atoms with Crippen molar-refractivity contribution in [3.05, 3.63) is 66.2 Å². The second-order valence-electron chi connectivity index (χ2n) is 7.52. The van der Waals surface area contributed by atoms with Crippen molar-refractivity contribution in [3.8, 4) is 17.1 Å². The van der Waals surface area contributed by atoms with Crippen LogP contribution in [-0.4, -0.2) is 46.1 Å². The molecule has 3 heterocycles. The van der Waals surface area contributed by atoms with Crippen LogP contribution in [0, 0.1) is 0 Å². The fourth-order valence-electron chi connectivity index (χ4n) is 3.95. The van der Waals surface area contributed by atoms with E-state index in [1.165, 1.54) is 0 Å². The predicted molar refractivity (Wildman–Crippen MR) is 112 cm³/mol. The number of fused-ring (bicyclic) bond motifs is 1. The summed E-state index contributed by atoms with van der Waals surface area (Å²) in [6.45, 7) is 1.33. The highest BCUT2D eigenvalue weighted by atomic mass is 16.5. The Labute approximate surface area is 173 Å². The Bertz CT molecular complexity index is 1140. The van der Waals surface area contributed by atoms with Gasteiger partial charge in [0.25, 0.3) is 5.91 Å². The lowest BCUT2D eigenvalue weighted by Crippen LogP contribution is -2.38. The number of amides is 1. The zero-order chi connectivity index (χ0) is 20.5. The molecule has 1 fully saturated rings. The summed E-state index contributed by atoms with van der Waals surface area (Å²) in [5.74, 6) is 2.20. The summed E-state index contributed by atoms with van der Waals surface area (Å²) in [5, 5.41) is 5.18. The van der Waals surface area contributed by atoms with Crippen LogP contribution >= 0.6 is 0 Å². The molecule has 5 rings (SSSR count). The molecule has 2 aromatic heterocycles. The summed E-state index contributed by atoms with van der Waals surface area (Å²) in [7, 11) is 1.64. The number of carbonyl (C=O) groups is 1. The minimum Gasteiger partial charge on any atom is -0.497 e. The normalized spacial score (nSPS) is 14.9. The Balaban J connectivity index is 1.24. The Hall–Kier alpha value is -3.61. The topological polar surface area (TPSA) is 84.3 Å². The molecule has 1 saturated heterocycles. The molecule has 7 heteroatoms. The van der Waals surface area contributed by atoms with Crippen LogP contribution in [0.25, 0.3) is 22.3 Å². The molecule has 30 heavy (non-hydrogen) atoms. The number of aromatic amines is 1. The highest BCUT2D eigenvalue weighted by Crippen LogP contribution is 2.30. The summed E-state index contributed by atoms with van der Waals surface area (Å²) in [6.07, 6.45) is 1.60. The minimum atomic E-state index is 0.0362. The van der Waals surface area contributed by atoms with Crippen LogP contribution in [0.15, 0.2) is 59.1 Å². The Morgan fingerprint density at radius 3 is 2.63 bits per heavy atom. The zero-order valence-electron chi connectivity index (χ0n) is 16.7. The smallest absolute Gasteiger partial charge is 0.270 e. The fraction of sp³-hybridized carbons (Fsp3) is 0.261. The van der Waals surface area contributed by atoms with E-state index in [4.69, 9.17) is 9.26 Å². The SMILES string of the molecule is COc1ccc(-c2noc(C3CCN(C(=O)c4cc5ccccc5[nH]4)CC3)n2)cc1. The Kier molecular flexibility index (Phi) is 4.71. The van der Waals surface area contributed by atoms with Crippen LogP contribution in [0.2, 0.25) is 0 Å². The van der Waals surface area contributed by atoms with Gasteiger partial charge >= 0.3 is 0 Å². The standard InChI is InChI=1S/C23H22N4O3/c1-29-18-8-6-15(7-9-18)21-25-22(30-26-21)16-10-12-27(13-11-16)23(28)20-14-17-4-2-3-5-19(17)24-20/h2-9,14,16,24H,10-13H2,1H3. The number of carbonyl (C=O) groups excluding carboxylic acids is 1. The summed E-state index contributed by atoms with van der Waals surface area (Å²) in [4.78, 5) is 22.6. The van der Waals surface area contributed by atoms with Crippen LogP contribution in [0.4, 0.5) is 0 Å². The Morgan fingerprint density at radius 2 is 1.90 bits per heavy atom. The first kappa shape index (κ1) is 18.4. The van der Waals surface area contributed by atoms with Gasteiger partial charge in [0, 0.05) is 35.5 Å². The molecule has 0 spiro atoms. The predicted octanol–water partition coefficient (Wildman–Crippen LogP) is 4.25. The molecule has 0 radical (unpaired) electrons. The Morgan fingerprint density at radius 1 is 1.13 bits per heavy atom. The van der Waals surface area contributed by atoms with Gasteiger partial charge in [0.15, 0.2) is 0 Å². The molecule has 1 N–H and O–H groups in total. The molecule has 1 aliphatic heterocycles. The number of piperidine rings is 1. The van der Waals surface area contributed by atoms with Gasteiger partial charge in [-0.15, -0.1) is 0 Å². The van der Waals surface area contributed by atoms with Crippen LogP contribution in [0.1, 0.15) is 35.1 Å². The van der Waals surface area contributed by atoms with Crippen molar-refractivity contribution in [1.29, 1.82) is 0 Å². The number of H-pyrrole nitrogens is 1. The molecule has 0 atom stereocenters. The van der Waals surface area contributed by atoms with E-state index in [9.17, 15) is 4.79 Å². The first-order valence-electron chi connectivity index (χ1n) is 10.1. The van der Waals surface area contributed by atoms with E-state index >= 15 is 0 Å². The molecule has 1 amide bonds. The van der Waals surface area contributed by atoms with E-state index in [2.05, 4.69) is 15.1 Å². The minimum absolute atomic E-state index is 0.0362. The van der Waals surface area contributed by atoms with E-state index < -0.39 is 0 Å². The third kappa shape index (κ3) is 3.43. The van der Waals surface area contributed by atoms with Crippen LogP contribution in [-0.2, 0) is 0 Å². The number of methoxy groups -OCH3 is 1. The van der Waals surface area contributed by atoms with E-state index in [0.717, 1.165) is 35.1 Å². The number of ether oxygens (including phenoxy) is 1. The van der Waals surface area contributed by atoms with Gasteiger partial charge in [-0.25, -0.2) is 0 Å². The molecule has 0 unspecified atom stereocenters. The number of rotatable bonds is 4. The van der Waals surface area contributed by atoms with Crippen molar-refractivity contribution in [2.45, 2.75) is 18.8 Å². The van der Waals surface area contributed by atoms with E-state index in [0.29, 0.717) is 30.5 Å². The average Bonchev–Trinajstić information content (AvgIpc) is 3.46. The van der Waals surface area contributed by atoms with Gasteiger partial charge in [-0.3, -0.25) is 4.79 Å². The van der Waals surface area contributed by atoms with Crippen molar-refractivity contribution in [3.63, 3.8) is 0 Å². The van der Waals surface area contributed by atoms with Gasteiger partial charge < -0.3 is 19.1 Å².